The van der Waals surface area contributed by atoms with Gasteiger partial charge < -0.3 is 4.57 Å². The Morgan fingerprint density at radius 1 is 1.00 bits per heavy atom. The van der Waals surface area contributed by atoms with Gasteiger partial charge in [-0.3, -0.25) is 15.0 Å². The molecule has 2 aromatic carbocycles. The SMILES string of the molecule is Cc1cc(C)c(C2c3cccn3CCCN2Cc2cccc([N+](=O)[O-])c2)cc1C. The first-order chi connectivity index (χ1) is 13.9. The fraction of sp³-hybridized carbons (Fsp3) is 0.333. The summed E-state index contributed by atoms with van der Waals surface area (Å²) in [7, 11) is 0. The summed E-state index contributed by atoms with van der Waals surface area (Å²) < 4.78 is 2.35. The van der Waals surface area contributed by atoms with Crippen molar-refractivity contribution in [3.8, 4) is 0 Å². The van der Waals surface area contributed by atoms with Crippen molar-refractivity contribution in [2.45, 2.75) is 46.3 Å². The number of benzene rings is 2. The van der Waals surface area contributed by atoms with E-state index in [1.165, 1.54) is 27.9 Å². The van der Waals surface area contributed by atoms with E-state index in [4.69, 9.17) is 0 Å². The van der Waals surface area contributed by atoms with Crippen LogP contribution in [0.5, 0.6) is 0 Å². The molecule has 5 nitrogen and oxygen atoms in total. The molecule has 5 heteroatoms. The van der Waals surface area contributed by atoms with Gasteiger partial charge in [0.05, 0.1) is 11.0 Å². The largest absolute Gasteiger partial charge is 0.350 e. The lowest BCUT2D eigenvalue weighted by Gasteiger charge is -2.32. The molecule has 0 radical (unpaired) electrons. The summed E-state index contributed by atoms with van der Waals surface area (Å²) >= 11 is 0. The average molecular weight is 389 g/mol. The highest BCUT2D eigenvalue weighted by Crippen LogP contribution is 2.36. The second-order valence-electron chi connectivity index (χ2n) is 8.07. The van der Waals surface area contributed by atoms with Gasteiger partial charge in [0.1, 0.15) is 0 Å². The van der Waals surface area contributed by atoms with E-state index in [0.717, 1.165) is 25.1 Å². The molecule has 0 saturated carbocycles. The van der Waals surface area contributed by atoms with Gasteiger partial charge in [-0.1, -0.05) is 24.3 Å². The van der Waals surface area contributed by atoms with Crippen LogP contribution in [-0.4, -0.2) is 20.9 Å². The van der Waals surface area contributed by atoms with Crippen LogP contribution in [0.15, 0.2) is 54.7 Å². The number of non-ortho nitro benzene ring substituents is 1. The van der Waals surface area contributed by atoms with Gasteiger partial charge in [-0.25, -0.2) is 0 Å². The van der Waals surface area contributed by atoms with E-state index < -0.39 is 0 Å². The normalized spacial score (nSPS) is 17.0. The van der Waals surface area contributed by atoms with Crippen molar-refractivity contribution >= 4 is 5.69 Å². The van der Waals surface area contributed by atoms with E-state index in [1.807, 2.05) is 6.07 Å². The maximum Gasteiger partial charge on any atom is 0.269 e. The predicted molar refractivity (Wildman–Crippen MR) is 115 cm³/mol. The third kappa shape index (κ3) is 3.83. The molecular weight excluding hydrogens is 362 g/mol. The van der Waals surface area contributed by atoms with Gasteiger partial charge >= 0.3 is 0 Å². The summed E-state index contributed by atoms with van der Waals surface area (Å²) in [4.78, 5) is 13.4. The molecule has 1 aromatic heterocycles. The quantitative estimate of drug-likeness (QED) is 0.448. The molecule has 0 bridgehead atoms. The maximum absolute atomic E-state index is 11.2. The summed E-state index contributed by atoms with van der Waals surface area (Å²) in [6.07, 6.45) is 3.21. The van der Waals surface area contributed by atoms with Crippen molar-refractivity contribution < 1.29 is 4.92 Å². The molecule has 0 spiro atoms. The molecule has 1 unspecified atom stereocenters. The van der Waals surface area contributed by atoms with Gasteiger partial charge in [-0.15, -0.1) is 0 Å². The Bertz CT molecular complexity index is 1050. The minimum absolute atomic E-state index is 0.131. The molecule has 0 fully saturated rings. The highest BCUT2D eigenvalue weighted by atomic mass is 16.6. The van der Waals surface area contributed by atoms with Crippen molar-refractivity contribution in [2.75, 3.05) is 6.54 Å². The molecule has 1 aliphatic heterocycles. The lowest BCUT2D eigenvalue weighted by atomic mass is 9.92. The van der Waals surface area contributed by atoms with E-state index in [9.17, 15) is 10.1 Å². The zero-order chi connectivity index (χ0) is 20.5. The van der Waals surface area contributed by atoms with Crippen LogP contribution in [0.4, 0.5) is 5.69 Å². The molecule has 29 heavy (non-hydrogen) atoms. The van der Waals surface area contributed by atoms with E-state index in [-0.39, 0.29) is 16.7 Å². The molecule has 0 saturated heterocycles. The predicted octanol–water partition coefficient (Wildman–Crippen LogP) is 5.32. The van der Waals surface area contributed by atoms with E-state index in [2.05, 4.69) is 60.7 Å². The van der Waals surface area contributed by atoms with Crippen LogP contribution in [-0.2, 0) is 13.1 Å². The minimum Gasteiger partial charge on any atom is -0.350 e. The number of hydrogen-bond donors (Lipinski definition) is 0. The van der Waals surface area contributed by atoms with Gasteiger partial charge in [-0.2, -0.15) is 0 Å². The summed E-state index contributed by atoms with van der Waals surface area (Å²) in [5.74, 6) is 0. The molecule has 1 atom stereocenters. The van der Waals surface area contributed by atoms with Crippen molar-refractivity contribution in [1.82, 2.24) is 9.47 Å². The summed E-state index contributed by atoms with van der Waals surface area (Å²) in [5.41, 5.74) is 7.63. The monoisotopic (exact) mass is 389 g/mol. The zero-order valence-corrected chi connectivity index (χ0v) is 17.3. The van der Waals surface area contributed by atoms with E-state index >= 15 is 0 Å². The molecule has 2 heterocycles. The molecule has 0 amide bonds. The summed E-state index contributed by atoms with van der Waals surface area (Å²) in [6.45, 7) is 9.13. The third-order valence-electron chi connectivity index (χ3n) is 6.04. The van der Waals surface area contributed by atoms with Gasteiger partial charge in [0.25, 0.3) is 5.69 Å². The summed E-state index contributed by atoms with van der Waals surface area (Å²) in [5, 5.41) is 11.2. The zero-order valence-electron chi connectivity index (χ0n) is 17.3. The molecule has 0 aliphatic carbocycles. The second-order valence-corrected chi connectivity index (χ2v) is 8.07. The molecular formula is C24H27N3O2. The van der Waals surface area contributed by atoms with Gasteiger partial charge in [0.2, 0.25) is 0 Å². The van der Waals surface area contributed by atoms with Crippen LogP contribution in [0, 0.1) is 30.9 Å². The van der Waals surface area contributed by atoms with E-state index in [1.54, 1.807) is 18.2 Å². The smallest absolute Gasteiger partial charge is 0.269 e. The molecule has 3 aromatic rings. The number of nitro benzene ring substituents is 1. The Hall–Kier alpha value is -2.92. The van der Waals surface area contributed by atoms with Crippen LogP contribution in [0.1, 0.15) is 46.0 Å². The average Bonchev–Trinajstić information content (AvgIpc) is 3.07. The maximum atomic E-state index is 11.2. The minimum atomic E-state index is -0.317. The number of rotatable bonds is 4. The van der Waals surface area contributed by atoms with Crippen LogP contribution >= 0.6 is 0 Å². The Kier molecular flexibility index (Phi) is 5.24. The van der Waals surface area contributed by atoms with Crippen LogP contribution in [0.2, 0.25) is 0 Å². The number of aryl methyl sites for hydroxylation is 4. The first kappa shape index (κ1) is 19.4. The Labute approximate surface area is 171 Å². The highest BCUT2D eigenvalue weighted by molar-refractivity contribution is 5.42. The number of nitrogens with zero attached hydrogens (tertiary/aromatic N) is 3. The molecule has 1 aliphatic rings. The number of fused-ring (bicyclic) bond motifs is 1. The van der Waals surface area contributed by atoms with Crippen LogP contribution in [0.25, 0.3) is 0 Å². The van der Waals surface area contributed by atoms with Crippen LogP contribution in [0.3, 0.4) is 0 Å². The third-order valence-corrected chi connectivity index (χ3v) is 6.04. The molecule has 150 valence electrons. The lowest BCUT2D eigenvalue weighted by Crippen LogP contribution is -2.30. The fourth-order valence-electron chi connectivity index (χ4n) is 4.45. The molecule has 0 N–H and O–H groups in total. The van der Waals surface area contributed by atoms with Gasteiger partial charge in [0.15, 0.2) is 0 Å². The first-order valence-corrected chi connectivity index (χ1v) is 10.1. The van der Waals surface area contributed by atoms with E-state index in [0.29, 0.717) is 6.54 Å². The van der Waals surface area contributed by atoms with Gasteiger partial charge in [-0.05, 0) is 67.1 Å². The van der Waals surface area contributed by atoms with Crippen molar-refractivity contribution in [2.24, 2.45) is 0 Å². The Morgan fingerprint density at radius 2 is 1.79 bits per heavy atom. The standard InChI is InChI=1S/C24H27N3O2/c1-17-13-19(3)22(14-18(17)2)24-23-9-5-10-25(23)11-6-12-26(24)16-20-7-4-8-21(15-20)27(28)29/h4-5,7-10,13-15,24H,6,11-12,16H2,1-3H3. The topological polar surface area (TPSA) is 51.3 Å². The van der Waals surface area contributed by atoms with Gasteiger partial charge in [0, 0.05) is 43.7 Å². The summed E-state index contributed by atoms with van der Waals surface area (Å²) in [6, 6.07) is 16.1. The van der Waals surface area contributed by atoms with Crippen LogP contribution < -0.4 is 0 Å². The Morgan fingerprint density at radius 3 is 2.59 bits per heavy atom. The lowest BCUT2D eigenvalue weighted by molar-refractivity contribution is -0.384. The number of nitro groups is 1. The van der Waals surface area contributed by atoms with Crippen molar-refractivity contribution in [3.05, 3.63) is 98.4 Å². The van der Waals surface area contributed by atoms with Crippen molar-refractivity contribution in [3.63, 3.8) is 0 Å². The number of aromatic nitrogens is 1. The fourth-order valence-corrected chi connectivity index (χ4v) is 4.45. The van der Waals surface area contributed by atoms with Crippen molar-refractivity contribution in [1.29, 1.82) is 0 Å². The highest BCUT2D eigenvalue weighted by Gasteiger charge is 2.29. The Balaban J connectivity index is 1.78. The second kappa shape index (κ2) is 7.84. The number of hydrogen-bond acceptors (Lipinski definition) is 3. The molecule has 4 rings (SSSR count). The first-order valence-electron chi connectivity index (χ1n) is 10.1.